The van der Waals surface area contributed by atoms with Crippen LogP contribution in [0.4, 0.5) is 11.4 Å². The van der Waals surface area contributed by atoms with E-state index in [2.05, 4.69) is 10.0 Å². The molecule has 0 unspecified atom stereocenters. The summed E-state index contributed by atoms with van der Waals surface area (Å²) in [6.07, 6.45) is 0. The zero-order valence-corrected chi connectivity index (χ0v) is 17.9. The second kappa shape index (κ2) is 10.0. The SMILES string of the molecule is C[C@H](NS(=O)(=O)c1ccc(OCC(=O)Nc2cccc([N+](=O)[O-])c2)cc1)c1ccccc1. The number of carbonyl (C=O) groups is 1. The van der Waals surface area contributed by atoms with Crippen molar-refractivity contribution < 1.29 is 22.9 Å². The fourth-order valence-electron chi connectivity index (χ4n) is 2.87. The van der Waals surface area contributed by atoms with Gasteiger partial charge in [-0.05, 0) is 42.8 Å². The molecule has 166 valence electrons. The van der Waals surface area contributed by atoms with E-state index in [9.17, 15) is 23.3 Å². The van der Waals surface area contributed by atoms with E-state index >= 15 is 0 Å². The molecule has 3 rings (SSSR count). The standard InChI is InChI=1S/C22H21N3O6S/c1-16(17-6-3-2-4-7-17)24-32(29,30)21-12-10-20(11-13-21)31-15-22(26)23-18-8-5-9-19(14-18)25(27)28/h2-14,16,24H,15H2,1H3,(H,23,26)/t16-/m0/s1. The highest BCUT2D eigenvalue weighted by Crippen LogP contribution is 2.20. The van der Waals surface area contributed by atoms with Crippen molar-refractivity contribution in [2.45, 2.75) is 17.9 Å². The molecule has 0 saturated heterocycles. The first-order valence-corrected chi connectivity index (χ1v) is 11.1. The maximum atomic E-state index is 12.6. The molecule has 0 aliphatic carbocycles. The van der Waals surface area contributed by atoms with Crippen molar-refractivity contribution in [3.8, 4) is 5.75 Å². The zero-order valence-electron chi connectivity index (χ0n) is 17.1. The lowest BCUT2D eigenvalue weighted by Gasteiger charge is -2.15. The van der Waals surface area contributed by atoms with E-state index in [4.69, 9.17) is 4.74 Å². The van der Waals surface area contributed by atoms with Crippen molar-refractivity contribution in [3.05, 3.63) is 94.5 Å². The number of non-ortho nitro benzene ring substituents is 1. The molecule has 3 aromatic carbocycles. The largest absolute Gasteiger partial charge is 0.484 e. The van der Waals surface area contributed by atoms with Gasteiger partial charge in [0, 0.05) is 23.9 Å². The van der Waals surface area contributed by atoms with Gasteiger partial charge in [0.2, 0.25) is 10.0 Å². The lowest BCUT2D eigenvalue weighted by atomic mass is 10.1. The van der Waals surface area contributed by atoms with Gasteiger partial charge in [-0.1, -0.05) is 36.4 Å². The molecule has 0 saturated carbocycles. The summed E-state index contributed by atoms with van der Waals surface area (Å²) in [5.41, 5.74) is 0.967. The Labute approximate surface area is 185 Å². The lowest BCUT2D eigenvalue weighted by molar-refractivity contribution is -0.384. The first-order chi connectivity index (χ1) is 15.2. The summed E-state index contributed by atoms with van der Waals surface area (Å²) in [6.45, 7) is 1.41. The van der Waals surface area contributed by atoms with Crippen molar-refractivity contribution in [1.29, 1.82) is 0 Å². The molecule has 0 radical (unpaired) electrons. The fourth-order valence-corrected chi connectivity index (χ4v) is 4.10. The fraction of sp³-hybridized carbons (Fsp3) is 0.136. The Morgan fingerprint density at radius 1 is 1.03 bits per heavy atom. The summed E-state index contributed by atoms with van der Waals surface area (Å²) in [7, 11) is -3.75. The van der Waals surface area contributed by atoms with Crippen molar-refractivity contribution in [3.63, 3.8) is 0 Å². The minimum atomic E-state index is -3.75. The van der Waals surface area contributed by atoms with Crippen LogP contribution < -0.4 is 14.8 Å². The summed E-state index contributed by atoms with van der Waals surface area (Å²) in [5, 5.41) is 13.3. The normalized spacial score (nSPS) is 12.0. The maximum Gasteiger partial charge on any atom is 0.271 e. The number of nitrogens with zero attached hydrogens (tertiary/aromatic N) is 1. The Balaban J connectivity index is 1.56. The number of ether oxygens (including phenoxy) is 1. The van der Waals surface area contributed by atoms with E-state index in [0.717, 1.165) is 5.56 Å². The minimum absolute atomic E-state index is 0.0636. The molecule has 1 amide bonds. The Morgan fingerprint density at radius 2 is 1.72 bits per heavy atom. The molecule has 3 aromatic rings. The number of nitro groups is 1. The lowest BCUT2D eigenvalue weighted by Crippen LogP contribution is -2.26. The molecule has 0 aliphatic heterocycles. The van der Waals surface area contributed by atoms with Crippen LogP contribution >= 0.6 is 0 Å². The average Bonchev–Trinajstić information content (AvgIpc) is 2.78. The number of rotatable bonds is 9. The molecule has 0 bridgehead atoms. The minimum Gasteiger partial charge on any atom is -0.484 e. The van der Waals surface area contributed by atoms with Crippen LogP contribution in [0.25, 0.3) is 0 Å². The predicted octanol–water partition coefficient (Wildman–Crippen LogP) is 3.65. The number of amides is 1. The maximum absolute atomic E-state index is 12.6. The predicted molar refractivity (Wildman–Crippen MR) is 119 cm³/mol. The summed E-state index contributed by atoms with van der Waals surface area (Å²) in [6, 6.07) is 20.0. The highest BCUT2D eigenvalue weighted by molar-refractivity contribution is 7.89. The number of hydrogen-bond acceptors (Lipinski definition) is 6. The topological polar surface area (TPSA) is 128 Å². The second-order valence-corrected chi connectivity index (χ2v) is 8.58. The molecular weight excluding hydrogens is 434 g/mol. The van der Waals surface area contributed by atoms with Crippen LogP contribution in [0.3, 0.4) is 0 Å². The van der Waals surface area contributed by atoms with Crippen LogP contribution in [0.15, 0.2) is 83.8 Å². The highest BCUT2D eigenvalue weighted by atomic mass is 32.2. The van der Waals surface area contributed by atoms with Gasteiger partial charge in [0.05, 0.1) is 9.82 Å². The number of sulfonamides is 1. The van der Waals surface area contributed by atoms with Crippen LogP contribution in [0.2, 0.25) is 0 Å². The smallest absolute Gasteiger partial charge is 0.271 e. The van der Waals surface area contributed by atoms with Gasteiger partial charge in [0.1, 0.15) is 5.75 Å². The number of anilines is 1. The molecule has 2 N–H and O–H groups in total. The number of hydrogen-bond donors (Lipinski definition) is 2. The Morgan fingerprint density at radius 3 is 2.38 bits per heavy atom. The van der Waals surface area contributed by atoms with Gasteiger partial charge in [-0.25, -0.2) is 13.1 Å². The molecule has 0 spiro atoms. The molecule has 9 nitrogen and oxygen atoms in total. The van der Waals surface area contributed by atoms with Gasteiger partial charge in [0.25, 0.3) is 11.6 Å². The van der Waals surface area contributed by atoms with Crippen molar-refractivity contribution in [1.82, 2.24) is 4.72 Å². The molecule has 0 aromatic heterocycles. The van der Waals surface area contributed by atoms with Gasteiger partial charge < -0.3 is 10.1 Å². The molecule has 1 atom stereocenters. The highest BCUT2D eigenvalue weighted by Gasteiger charge is 2.18. The Bertz CT molecular complexity index is 1200. The Kier molecular flexibility index (Phi) is 7.18. The van der Waals surface area contributed by atoms with E-state index in [0.29, 0.717) is 5.75 Å². The van der Waals surface area contributed by atoms with Gasteiger partial charge in [0.15, 0.2) is 6.61 Å². The molecule has 10 heteroatoms. The molecule has 0 heterocycles. The van der Waals surface area contributed by atoms with Crippen LogP contribution in [-0.4, -0.2) is 25.9 Å². The summed E-state index contributed by atoms with van der Waals surface area (Å²) >= 11 is 0. The van der Waals surface area contributed by atoms with Crippen molar-refractivity contribution in [2.75, 3.05) is 11.9 Å². The van der Waals surface area contributed by atoms with Crippen LogP contribution in [0, 0.1) is 10.1 Å². The van der Waals surface area contributed by atoms with Crippen LogP contribution in [0.5, 0.6) is 5.75 Å². The summed E-state index contributed by atoms with van der Waals surface area (Å²) in [4.78, 5) is 22.3. The molecule has 0 fully saturated rings. The van der Waals surface area contributed by atoms with E-state index in [1.54, 1.807) is 6.92 Å². The van der Waals surface area contributed by atoms with Crippen LogP contribution in [-0.2, 0) is 14.8 Å². The molecule has 0 aliphatic rings. The first kappa shape index (κ1) is 22.9. The number of nitrogens with one attached hydrogen (secondary N) is 2. The quantitative estimate of drug-likeness (QED) is 0.374. The van der Waals surface area contributed by atoms with Gasteiger partial charge >= 0.3 is 0 Å². The van der Waals surface area contributed by atoms with E-state index in [-0.39, 0.29) is 22.9 Å². The molecule has 32 heavy (non-hydrogen) atoms. The van der Waals surface area contributed by atoms with E-state index < -0.39 is 26.9 Å². The monoisotopic (exact) mass is 455 g/mol. The Hall–Kier alpha value is -3.76. The van der Waals surface area contributed by atoms with Gasteiger partial charge in [-0.15, -0.1) is 0 Å². The number of carbonyl (C=O) groups excluding carboxylic acids is 1. The van der Waals surface area contributed by atoms with E-state index in [1.165, 1.54) is 48.5 Å². The van der Waals surface area contributed by atoms with Crippen LogP contribution in [0.1, 0.15) is 18.5 Å². The zero-order chi connectivity index (χ0) is 23.1. The third-order valence-corrected chi connectivity index (χ3v) is 6.03. The van der Waals surface area contributed by atoms with Crippen molar-refractivity contribution >= 4 is 27.3 Å². The third-order valence-electron chi connectivity index (χ3n) is 4.48. The van der Waals surface area contributed by atoms with Crippen molar-refractivity contribution in [2.24, 2.45) is 0 Å². The molecular formula is C22H21N3O6S. The summed E-state index contributed by atoms with van der Waals surface area (Å²) in [5.74, 6) is -0.213. The summed E-state index contributed by atoms with van der Waals surface area (Å²) < 4.78 is 33.2. The van der Waals surface area contributed by atoms with Gasteiger partial charge in [-0.3, -0.25) is 14.9 Å². The third kappa shape index (κ3) is 6.13. The first-order valence-electron chi connectivity index (χ1n) is 9.59. The number of nitro benzene ring substituents is 1. The average molecular weight is 455 g/mol. The van der Waals surface area contributed by atoms with E-state index in [1.807, 2.05) is 30.3 Å². The number of benzene rings is 3. The second-order valence-electron chi connectivity index (χ2n) is 6.87. The van der Waals surface area contributed by atoms with Gasteiger partial charge in [-0.2, -0.15) is 0 Å².